The first-order valence-corrected chi connectivity index (χ1v) is 9.42. The number of aryl methyl sites for hydroxylation is 1. The lowest BCUT2D eigenvalue weighted by Gasteiger charge is -2.05. The van der Waals surface area contributed by atoms with Crippen LogP contribution in [-0.2, 0) is 6.54 Å². The minimum absolute atomic E-state index is 0.259. The largest absolute Gasteiger partial charge is 0.497 e. The molecule has 2 aromatic carbocycles. The van der Waals surface area contributed by atoms with Crippen LogP contribution in [0.4, 0.5) is 5.69 Å². The molecule has 2 heterocycles. The molecule has 2 aromatic heterocycles. The van der Waals surface area contributed by atoms with Crippen LogP contribution in [-0.4, -0.2) is 33.0 Å². The Hall–Kier alpha value is -3.94. The molecule has 1 N–H and O–H groups in total. The molecule has 8 nitrogen and oxygen atoms in total. The van der Waals surface area contributed by atoms with Gasteiger partial charge < -0.3 is 14.5 Å². The minimum Gasteiger partial charge on any atom is -0.497 e. The minimum atomic E-state index is -0.328. The number of carbonyl (C=O) groups excluding carboxylic acids is 1. The topological polar surface area (TPSA) is 95.1 Å². The van der Waals surface area contributed by atoms with Gasteiger partial charge in [-0.15, -0.1) is 5.10 Å². The van der Waals surface area contributed by atoms with Gasteiger partial charge in [0.1, 0.15) is 17.2 Å². The lowest BCUT2D eigenvalue weighted by Crippen LogP contribution is -2.14. The fourth-order valence-electron chi connectivity index (χ4n) is 3.01. The van der Waals surface area contributed by atoms with Crippen molar-refractivity contribution < 1.29 is 13.9 Å². The number of rotatable bonds is 6. The maximum atomic E-state index is 12.6. The van der Waals surface area contributed by atoms with Gasteiger partial charge in [0.15, 0.2) is 5.69 Å². The number of aromatic nitrogens is 4. The van der Waals surface area contributed by atoms with Crippen molar-refractivity contribution in [1.82, 2.24) is 20.0 Å². The summed E-state index contributed by atoms with van der Waals surface area (Å²) in [5.41, 5.74) is 3.19. The summed E-state index contributed by atoms with van der Waals surface area (Å²) in [5, 5.41) is 11.0. The second-order valence-corrected chi connectivity index (χ2v) is 6.75. The van der Waals surface area contributed by atoms with Gasteiger partial charge >= 0.3 is 0 Å². The van der Waals surface area contributed by atoms with Crippen LogP contribution in [0.5, 0.6) is 5.75 Å². The Morgan fingerprint density at radius 3 is 2.53 bits per heavy atom. The number of anilines is 1. The molecule has 4 aromatic rings. The van der Waals surface area contributed by atoms with Crippen LogP contribution in [0.2, 0.25) is 0 Å². The van der Waals surface area contributed by atoms with Gasteiger partial charge in [-0.1, -0.05) is 23.4 Å². The summed E-state index contributed by atoms with van der Waals surface area (Å²) in [4.78, 5) is 17.2. The van der Waals surface area contributed by atoms with Crippen molar-refractivity contribution in [3.8, 4) is 17.2 Å². The highest BCUT2D eigenvalue weighted by Crippen LogP contribution is 2.22. The van der Waals surface area contributed by atoms with Gasteiger partial charge in [0.25, 0.3) is 5.91 Å². The molecule has 0 radical (unpaired) electrons. The molecule has 1 amide bonds. The smallest absolute Gasteiger partial charge is 0.278 e. The van der Waals surface area contributed by atoms with E-state index >= 15 is 0 Å². The second kappa shape index (κ2) is 8.20. The quantitative estimate of drug-likeness (QED) is 0.525. The molecule has 0 unspecified atom stereocenters. The molecule has 0 fully saturated rings. The van der Waals surface area contributed by atoms with Crippen molar-refractivity contribution in [2.75, 3.05) is 12.4 Å². The van der Waals surface area contributed by atoms with Gasteiger partial charge in [-0.05, 0) is 50.2 Å². The van der Waals surface area contributed by atoms with E-state index < -0.39 is 0 Å². The van der Waals surface area contributed by atoms with Crippen LogP contribution in [0.3, 0.4) is 0 Å². The number of nitrogens with one attached hydrogen (secondary N) is 1. The molecular weight excluding hydrogens is 382 g/mol. The zero-order chi connectivity index (χ0) is 21.1. The first-order valence-electron chi connectivity index (χ1n) is 9.42. The number of hydrogen-bond acceptors (Lipinski definition) is 6. The molecular formula is C22H21N5O3. The third kappa shape index (κ3) is 3.93. The van der Waals surface area contributed by atoms with Crippen molar-refractivity contribution in [3.63, 3.8) is 0 Å². The molecule has 0 aliphatic rings. The Kier molecular flexibility index (Phi) is 5.30. The van der Waals surface area contributed by atoms with Crippen LogP contribution in [0.15, 0.2) is 59.0 Å². The summed E-state index contributed by atoms with van der Waals surface area (Å²) in [6.45, 7) is 4.02. The molecule has 0 spiro atoms. The van der Waals surface area contributed by atoms with Gasteiger partial charge in [-0.3, -0.25) is 4.79 Å². The molecule has 0 saturated heterocycles. The number of benzene rings is 2. The number of ether oxygens (including phenoxy) is 1. The molecule has 8 heteroatoms. The van der Waals surface area contributed by atoms with E-state index in [1.165, 1.54) is 0 Å². The van der Waals surface area contributed by atoms with Gasteiger partial charge in [0, 0.05) is 11.3 Å². The van der Waals surface area contributed by atoms with Crippen LogP contribution in [0.1, 0.15) is 27.6 Å². The number of carbonyl (C=O) groups is 1. The number of methoxy groups -OCH3 is 1. The van der Waals surface area contributed by atoms with Gasteiger partial charge in [0.05, 0.1) is 19.3 Å². The maximum absolute atomic E-state index is 12.6. The molecule has 0 bridgehead atoms. The van der Waals surface area contributed by atoms with Gasteiger partial charge in [-0.2, -0.15) is 0 Å². The van der Waals surface area contributed by atoms with E-state index in [4.69, 9.17) is 9.15 Å². The van der Waals surface area contributed by atoms with Crippen LogP contribution in [0.25, 0.3) is 11.5 Å². The Balaban J connectivity index is 1.50. The van der Waals surface area contributed by atoms with Gasteiger partial charge in [0.2, 0.25) is 5.89 Å². The predicted molar refractivity (Wildman–Crippen MR) is 111 cm³/mol. The Labute approximate surface area is 173 Å². The van der Waals surface area contributed by atoms with E-state index in [0.717, 1.165) is 11.3 Å². The van der Waals surface area contributed by atoms with Crippen molar-refractivity contribution in [1.29, 1.82) is 0 Å². The van der Waals surface area contributed by atoms with Crippen LogP contribution in [0, 0.1) is 13.8 Å². The van der Waals surface area contributed by atoms with Crippen molar-refractivity contribution in [2.45, 2.75) is 20.4 Å². The van der Waals surface area contributed by atoms with E-state index in [1.807, 2.05) is 37.3 Å². The number of oxazole rings is 1. The van der Waals surface area contributed by atoms with Gasteiger partial charge in [-0.25, -0.2) is 9.67 Å². The molecule has 0 aliphatic heterocycles. The lowest BCUT2D eigenvalue weighted by molar-refractivity contribution is 0.102. The summed E-state index contributed by atoms with van der Waals surface area (Å²) in [6.07, 6.45) is 0. The van der Waals surface area contributed by atoms with E-state index in [-0.39, 0.29) is 11.6 Å². The van der Waals surface area contributed by atoms with E-state index in [0.29, 0.717) is 35.3 Å². The molecule has 0 saturated carbocycles. The van der Waals surface area contributed by atoms with Crippen molar-refractivity contribution in [2.24, 2.45) is 0 Å². The highest BCUT2D eigenvalue weighted by molar-refractivity contribution is 6.03. The normalized spacial score (nSPS) is 10.8. The summed E-state index contributed by atoms with van der Waals surface area (Å²) in [6, 6.07) is 16.8. The maximum Gasteiger partial charge on any atom is 0.278 e. The average molecular weight is 403 g/mol. The van der Waals surface area contributed by atoms with E-state index in [1.54, 1.807) is 43.0 Å². The number of nitrogens with zero attached hydrogens (tertiary/aromatic N) is 4. The molecule has 0 atom stereocenters. The summed E-state index contributed by atoms with van der Waals surface area (Å²) in [5.74, 6) is 1.64. The molecule has 152 valence electrons. The van der Waals surface area contributed by atoms with Crippen molar-refractivity contribution >= 4 is 11.6 Å². The zero-order valence-corrected chi connectivity index (χ0v) is 16.9. The highest BCUT2D eigenvalue weighted by atomic mass is 16.5. The van der Waals surface area contributed by atoms with E-state index in [2.05, 4.69) is 20.6 Å². The van der Waals surface area contributed by atoms with Crippen LogP contribution >= 0.6 is 0 Å². The first-order chi connectivity index (χ1) is 14.5. The number of amides is 1. The average Bonchev–Trinajstić information content (AvgIpc) is 3.32. The molecule has 4 rings (SSSR count). The number of hydrogen-bond donors (Lipinski definition) is 1. The summed E-state index contributed by atoms with van der Waals surface area (Å²) in [7, 11) is 1.59. The second-order valence-electron chi connectivity index (χ2n) is 6.75. The Morgan fingerprint density at radius 1 is 1.10 bits per heavy atom. The highest BCUT2D eigenvalue weighted by Gasteiger charge is 2.19. The zero-order valence-electron chi connectivity index (χ0n) is 16.9. The summed E-state index contributed by atoms with van der Waals surface area (Å²) >= 11 is 0. The Morgan fingerprint density at radius 2 is 1.83 bits per heavy atom. The summed E-state index contributed by atoms with van der Waals surface area (Å²) < 4.78 is 12.6. The monoisotopic (exact) mass is 403 g/mol. The predicted octanol–water partition coefficient (Wildman–Crippen LogP) is 3.86. The Bertz CT molecular complexity index is 1160. The van der Waals surface area contributed by atoms with Crippen LogP contribution < -0.4 is 10.1 Å². The third-order valence-corrected chi connectivity index (χ3v) is 4.76. The van der Waals surface area contributed by atoms with Crippen molar-refractivity contribution in [3.05, 3.63) is 77.4 Å². The lowest BCUT2D eigenvalue weighted by atomic mass is 10.2. The standard InChI is InChI=1S/C22H21N5O3/c1-14-20(21(28)23-17-9-11-18(29-3)12-10-17)25-26-27(14)13-19-15(2)30-22(24-19)16-7-5-4-6-8-16/h4-12H,13H2,1-3H3,(H,23,28). The molecule has 0 aliphatic carbocycles. The SMILES string of the molecule is COc1ccc(NC(=O)c2nnn(Cc3nc(-c4ccccc4)oc3C)c2C)cc1. The van der Waals surface area contributed by atoms with E-state index in [9.17, 15) is 4.79 Å². The molecule has 30 heavy (non-hydrogen) atoms. The third-order valence-electron chi connectivity index (χ3n) is 4.76. The fourth-order valence-corrected chi connectivity index (χ4v) is 3.01. The first kappa shape index (κ1) is 19.4. The fraction of sp³-hybridized carbons (Fsp3) is 0.182.